The maximum Gasteiger partial charge on any atom is 0.0624 e. The van der Waals surface area contributed by atoms with Crippen molar-refractivity contribution in [1.82, 2.24) is 0 Å². The molecule has 4 atom stereocenters. The Hall–Kier alpha value is -0.600. The summed E-state index contributed by atoms with van der Waals surface area (Å²) in [5, 5.41) is 19.1. The first kappa shape index (κ1) is 12.4. The monoisotopic (exact) mass is 184 g/mol. The van der Waals surface area contributed by atoms with Crippen molar-refractivity contribution in [3.05, 3.63) is 25.3 Å². The van der Waals surface area contributed by atoms with Crippen LogP contribution in [-0.4, -0.2) is 22.4 Å². The lowest BCUT2D eigenvalue weighted by Gasteiger charge is -2.21. The van der Waals surface area contributed by atoms with E-state index in [1.54, 1.807) is 12.2 Å². The Morgan fingerprint density at radius 3 is 1.54 bits per heavy atom. The van der Waals surface area contributed by atoms with E-state index in [1.807, 2.05) is 13.8 Å². The van der Waals surface area contributed by atoms with Gasteiger partial charge in [-0.3, -0.25) is 0 Å². The minimum absolute atomic E-state index is 0.0201. The maximum atomic E-state index is 9.57. The van der Waals surface area contributed by atoms with Crippen molar-refractivity contribution in [3.63, 3.8) is 0 Å². The highest BCUT2D eigenvalue weighted by Gasteiger charge is 2.18. The summed E-state index contributed by atoms with van der Waals surface area (Å²) in [5.41, 5.74) is 0. The molecule has 0 aliphatic heterocycles. The van der Waals surface area contributed by atoms with E-state index in [-0.39, 0.29) is 11.8 Å². The van der Waals surface area contributed by atoms with Crippen molar-refractivity contribution in [2.75, 3.05) is 0 Å². The first-order valence-corrected chi connectivity index (χ1v) is 4.64. The molecule has 2 heteroatoms. The Morgan fingerprint density at radius 2 is 1.31 bits per heavy atom. The van der Waals surface area contributed by atoms with Gasteiger partial charge in [-0.15, -0.1) is 13.2 Å². The zero-order valence-electron chi connectivity index (χ0n) is 8.48. The fraction of sp³-hybridized carbons (Fsp3) is 0.636. The Morgan fingerprint density at radius 1 is 1.00 bits per heavy atom. The molecule has 0 fully saturated rings. The van der Waals surface area contributed by atoms with Gasteiger partial charge in [-0.2, -0.15) is 0 Å². The van der Waals surface area contributed by atoms with E-state index in [0.29, 0.717) is 6.42 Å². The smallest absolute Gasteiger partial charge is 0.0624 e. The molecule has 0 aliphatic rings. The van der Waals surface area contributed by atoms with E-state index in [4.69, 9.17) is 0 Å². The van der Waals surface area contributed by atoms with Crippen molar-refractivity contribution in [1.29, 1.82) is 0 Å². The molecule has 0 spiro atoms. The van der Waals surface area contributed by atoms with E-state index in [0.717, 1.165) is 0 Å². The summed E-state index contributed by atoms with van der Waals surface area (Å²) in [6.07, 6.45) is 2.72. The summed E-state index contributed by atoms with van der Waals surface area (Å²) in [7, 11) is 0. The Bertz CT molecular complexity index is 147. The number of aliphatic hydroxyl groups excluding tert-OH is 2. The summed E-state index contributed by atoms with van der Waals surface area (Å²) in [4.78, 5) is 0. The standard InChI is InChI=1S/C11H20O2/c1-5-8(3)10(12)7-11(13)9(4)6-2/h5-6,8-13H,1-2,7H2,3-4H3/t8-,9-,10+,11+/m1/s1. The van der Waals surface area contributed by atoms with E-state index in [9.17, 15) is 10.2 Å². The summed E-state index contributed by atoms with van der Waals surface area (Å²) in [6.45, 7) is 10.9. The molecule has 0 radical (unpaired) electrons. The predicted octanol–water partition coefficient (Wildman–Crippen LogP) is 1.74. The fourth-order valence-electron chi connectivity index (χ4n) is 0.991. The molecule has 0 aromatic carbocycles. The lowest BCUT2D eigenvalue weighted by atomic mass is 9.93. The number of hydrogen-bond donors (Lipinski definition) is 2. The van der Waals surface area contributed by atoms with Crippen molar-refractivity contribution in [2.45, 2.75) is 32.5 Å². The predicted molar refractivity (Wildman–Crippen MR) is 55.4 cm³/mol. The van der Waals surface area contributed by atoms with Crippen LogP contribution in [0.2, 0.25) is 0 Å². The molecule has 0 rings (SSSR count). The van der Waals surface area contributed by atoms with Gasteiger partial charge in [-0.1, -0.05) is 26.0 Å². The van der Waals surface area contributed by atoms with Gasteiger partial charge in [0.2, 0.25) is 0 Å². The normalized spacial score (nSPS) is 20.0. The molecule has 0 saturated heterocycles. The highest BCUT2D eigenvalue weighted by atomic mass is 16.3. The first-order valence-electron chi connectivity index (χ1n) is 4.64. The van der Waals surface area contributed by atoms with Crippen LogP contribution in [0.5, 0.6) is 0 Å². The van der Waals surface area contributed by atoms with E-state index in [1.165, 1.54) is 0 Å². The van der Waals surface area contributed by atoms with Crippen LogP contribution in [-0.2, 0) is 0 Å². The quantitative estimate of drug-likeness (QED) is 0.617. The second-order valence-corrected chi connectivity index (χ2v) is 3.56. The third kappa shape index (κ3) is 4.25. The van der Waals surface area contributed by atoms with Crippen LogP contribution >= 0.6 is 0 Å². The van der Waals surface area contributed by atoms with Gasteiger partial charge in [-0.25, -0.2) is 0 Å². The molecule has 2 N–H and O–H groups in total. The van der Waals surface area contributed by atoms with Crippen molar-refractivity contribution >= 4 is 0 Å². The first-order chi connectivity index (χ1) is 6.02. The SMILES string of the molecule is C=C[C@@H](C)[C@@H](O)C[C@H](O)[C@H](C)C=C. The average Bonchev–Trinajstić information content (AvgIpc) is 2.14. The molecule has 0 amide bonds. The van der Waals surface area contributed by atoms with Crippen molar-refractivity contribution in [2.24, 2.45) is 11.8 Å². The van der Waals surface area contributed by atoms with E-state index in [2.05, 4.69) is 13.2 Å². The number of aliphatic hydroxyl groups is 2. The Labute approximate surface area is 80.6 Å². The van der Waals surface area contributed by atoms with Crippen LogP contribution in [0, 0.1) is 11.8 Å². The van der Waals surface area contributed by atoms with Crippen LogP contribution in [0.25, 0.3) is 0 Å². The number of rotatable bonds is 6. The molecule has 0 heterocycles. The van der Waals surface area contributed by atoms with Gasteiger partial charge in [0.1, 0.15) is 0 Å². The van der Waals surface area contributed by atoms with Gasteiger partial charge in [0.25, 0.3) is 0 Å². The lowest BCUT2D eigenvalue weighted by Crippen LogP contribution is -2.26. The molecule has 0 aromatic heterocycles. The van der Waals surface area contributed by atoms with Gasteiger partial charge < -0.3 is 10.2 Å². The molecule has 76 valence electrons. The summed E-state index contributed by atoms with van der Waals surface area (Å²) in [5.74, 6) is 0.0401. The second-order valence-electron chi connectivity index (χ2n) is 3.56. The van der Waals surface area contributed by atoms with Crippen LogP contribution in [0.3, 0.4) is 0 Å². The van der Waals surface area contributed by atoms with Crippen LogP contribution in [0.15, 0.2) is 25.3 Å². The lowest BCUT2D eigenvalue weighted by molar-refractivity contribution is 0.0442. The molecular weight excluding hydrogens is 164 g/mol. The second kappa shape index (κ2) is 5.95. The maximum absolute atomic E-state index is 9.57. The Kier molecular flexibility index (Phi) is 5.67. The van der Waals surface area contributed by atoms with Gasteiger partial charge in [0, 0.05) is 6.42 Å². The van der Waals surface area contributed by atoms with Crippen LogP contribution in [0.1, 0.15) is 20.3 Å². The molecule has 2 nitrogen and oxygen atoms in total. The highest BCUT2D eigenvalue weighted by Crippen LogP contribution is 2.15. The minimum Gasteiger partial charge on any atom is -0.392 e. The summed E-state index contributed by atoms with van der Waals surface area (Å²) in [6, 6.07) is 0. The molecule has 0 bridgehead atoms. The van der Waals surface area contributed by atoms with Crippen molar-refractivity contribution < 1.29 is 10.2 Å². The molecular formula is C11H20O2. The molecule has 0 aromatic rings. The largest absolute Gasteiger partial charge is 0.392 e. The fourth-order valence-corrected chi connectivity index (χ4v) is 0.991. The summed E-state index contributed by atoms with van der Waals surface area (Å²) >= 11 is 0. The highest BCUT2D eigenvalue weighted by molar-refractivity contribution is 4.87. The third-order valence-electron chi connectivity index (χ3n) is 2.44. The van der Waals surface area contributed by atoms with Crippen molar-refractivity contribution in [3.8, 4) is 0 Å². The average molecular weight is 184 g/mol. The Balaban J connectivity index is 3.96. The van der Waals surface area contributed by atoms with E-state index < -0.39 is 12.2 Å². The van der Waals surface area contributed by atoms with E-state index >= 15 is 0 Å². The third-order valence-corrected chi connectivity index (χ3v) is 2.44. The van der Waals surface area contributed by atoms with Crippen LogP contribution < -0.4 is 0 Å². The topological polar surface area (TPSA) is 40.5 Å². The van der Waals surface area contributed by atoms with Crippen LogP contribution in [0.4, 0.5) is 0 Å². The van der Waals surface area contributed by atoms with Gasteiger partial charge in [-0.05, 0) is 11.8 Å². The zero-order valence-corrected chi connectivity index (χ0v) is 8.48. The zero-order chi connectivity index (χ0) is 10.4. The molecule has 0 saturated carbocycles. The summed E-state index contributed by atoms with van der Waals surface area (Å²) < 4.78 is 0. The minimum atomic E-state index is -0.519. The number of hydrogen-bond acceptors (Lipinski definition) is 2. The van der Waals surface area contributed by atoms with Gasteiger partial charge >= 0.3 is 0 Å². The van der Waals surface area contributed by atoms with Gasteiger partial charge in [0.05, 0.1) is 12.2 Å². The molecule has 0 unspecified atom stereocenters. The van der Waals surface area contributed by atoms with Gasteiger partial charge in [0.15, 0.2) is 0 Å². The molecule has 0 aliphatic carbocycles. The molecule has 13 heavy (non-hydrogen) atoms.